The van der Waals surface area contributed by atoms with E-state index >= 15 is 0 Å². The molecule has 0 unspecified atom stereocenters. The van der Waals surface area contributed by atoms with Gasteiger partial charge in [0, 0.05) is 30.2 Å². The van der Waals surface area contributed by atoms with Crippen LogP contribution < -0.4 is 20.1 Å². The Morgan fingerprint density at radius 2 is 1.89 bits per heavy atom. The van der Waals surface area contributed by atoms with E-state index in [1.54, 1.807) is 24.7 Å². The fourth-order valence-corrected chi connectivity index (χ4v) is 3.87. The van der Waals surface area contributed by atoms with Crippen molar-refractivity contribution in [1.82, 2.24) is 20.3 Å². The topological polar surface area (TPSA) is 98.3 Å². The maximum atomic E-state index is 13.0. The molecule has 1 fully saturated rings. The first kappa shape index (κ1) is 24.2. The van der Waals surface area contributed by atoms with Crippen molar-refractivity contribution in [3.8, 4) is 23.0 Å². The molecule has 0 spiro atoms. The number of anilines is 1. The summed E-state index contributed by atoms with van der Waals surface area (Å²) >= 11 is 0. The Morgan fingerprint density at radius 3 is 2.57 bits per heavy atom. The predicted octanol–water partition coefficient (Wildman–Crippen LogP) is 5.08. The quantitative estimate of drug-likeness (QED) is 0.503. The summed E-state index contributed by atoms with van der Waals surface area (Å²) in [6.45, 7) is 0. The second kappa shape index (κ2) is 10.6. The maximum Gasteiger partial charge on any atom is 0.416 e. The lowest BCUT2D eigenvalue weighted by molar-refractivity contribution is -0.137. The first-order chi connectivity index (χ1) is 16.8. The molecule has 1 aliphatic rings. The van der Waals surface area contributed by atoms with Crippen molar-refractivity contribution >= 4 is 11.7 Å². The lowest BCUT2D eigenvalue weighted by Crippen LogP contribution is -2.41. The number of amides is 2. The van der Waals surface area contributed by atoms with Crippen LogP contribution in [0.2, 0.25) is 0 Å². The Kier molecular flexibility index (Phi) is 7.33. The smallest absolute Gasteiger partial charge is 0.416 e. The molecule has 184 valence electrons. The molecular weight excluding hydrogens is 463 g/mol. The van der Waals surface area contributed by atoms with Gasteiger partial charge in [0.25, 0.3) is 0 Å². The van der Waals surface area contributed by atoms with Gasteiger partial charge < -0.3 is 20.1 Å². The third kappa shape index (κ3) is 6.37. The number of alkyl halides is 3. The van der Waals surface area contributed by atoms with Gasteiger partial charge in [0.2, 0.25) is 0 Å². The number of hydrogen-bond donors (Lipinski definition) is 2. The summed E-state index contributed by atoms with van der Waals surface area (Å²) in [6, 6.07) is 7.96. The highest BCUT2D eigenvalue weighted by atomic mass is 19.4. The minimum Gasteiger partial charge on any atom is -0.495 e. The number of pyridine rings is 1. The molecule has 1 aliphatic carbocycles. The Hall–Kier alpha value is -3.89. The van der Waals surface area contributed by atoms with Crippen LogP contribution in [-0.2, 0) is 6.18 Å². The summed E-state index contributed by atoms with van der Waals surface area (Å²) in [4.78, 5) is 25.2. The van der Waals surface area contributed by atoms with Crippen LogP contribution in [0.5, 0.6) is 11.8 Å². The van der Waals surface area contributed by atoms with Gasteiger partial charge in [0.15, 0.2) is 0 Å². The highest BCUT2D eigenvalue weighted by Crippen LogP contribution is 2.35. The molecular formula is C24H24F3N5O3. The lowest BCUT2D eigenvalue weighted by atomic mass is 9.93. The average molecular weight is 487 g/mol. The molecule has 0 aliphatic heterocycles. The number of methoxy groups -OCH3 is 1. The number of hydrogen-bond acceptors (Lipinski definition) is 6. The lowest BCUT2D eigenvalue weighted by Gasteiger charge is -2.29. The highest BCUT2D eigenvalue weighted by Gasteiger charge is 2.31. The molecule has 3 aromatic rings. The number of urea groups is 1. The van der Waals surface area contributed by atoms with Crippen LogP contribution in [0.15, 0.2) is 55.0 Å². The van der Waals surface area contributed by atoms with E-state index in [4.69, 9.17) is 9.47 Å². The maximum absolute atomic E-state index is 13.0. The van der Waals surface area contributed by atoms with Gasteiger partial charge in [-0.15, -0.1) is 0 Å². The van der Waals surface area contributed by atoms with E-state index in [2.05, 4.69) is 25.6 Å². The SMILES string of the molecule is COc1ccc(C(F)(F)F)cc1NC(=O)N[C@H]1CC[C@H](Oc2nccc(-c3cccnc3)n2)CC1. The molecule has 1 aromatic carbocycles. The molecule has 2 amide bonds. The van der Waals surface area contributed by atoms with Gasteiger partial charge in [0.1, 0.15) is 11.9 Å². The van der Waals surface area contributed by atoms with Crippen molar-refractivity contribution in [3.05, 3.63) is 60.6 Å². The molecule has 0 saturated heterocycles. The highest BCUT2D eigenvalue weighted by molar-refractivity contribution is 5.91. The predicted molar refractivity (Wildman–Crippen MR) is 122 cm³/mol. The Morgan fingerprint density at radius 1 is 1.09 bits per heavy atom. The number of nitrogens with zero attached hydrogens (tertiary/aromatic N) is 3. The summed E-state index contributed by atoms with van der Waals surface area (Å²) in [7, 11) is 1.32. The van der Waals surface area contributed by atoms with Gasteiger partial charge >= 0.3 is 18.2 Å². The van der Waals surface area contributed by atoms with Gasteiger partial charge in [-0.05, 0) is 62.1 Å². The Bertz CT molecular complexity index is 1150. The van der Waals surface area contributed by atoms with E-state index in [0.29, 0.717) is 31.4 Å². The number of carbonyl (C=O) groups excluding carboxylic acids is 1. The molecule has 0 radical (unpaired) electrons. The van der Waals surface area contributed by atoms with Crippen molar-refractivity contribution in [2.24, 2.45) is 0 Å². The number of benzene rings is 1. The number of rotatable bonds is 6. The van der Waals surface area contributed by atoms with Crippen molar-refractivity contribution in [2.75, 3.05) is 12.4 Å². The van der Waals surface area contributed by atoms with Crippen molar-refractivity contribution in [3.63, 3.8) is 0 Å². The van der Waals surface area contributed by atoms with E-state index < -0.39 is 17.8 Å². The van der Waals surface area contributed by atoms with E-state index in [1.807, 2.05) is 12.1 Å². The zero-order valence-corrected chi connectivity index (χ0v) is 18.9. The van der Waals surface area contributed by atoms with Crippen LogP contribution in [-0.4, -0.2) is 40.2 Å². The summed E-state index contributed by atoms with van der Waals surface area (Å²) < 4.78 is 50.1. The molecule has 1 saturated carbocycles. The van der Waals surface area contributed by atoms with Crippen LogP contribution >= 0.6 is 0 Å². The summed E-state index contributed by atoms with van der Waals surface area (Å²) in [6.07, 6.45) is 3.00. The van der Waals surface area contributed by atoms with Gasteiger partial charge in [-0.25, -0.2) is 9.78 Å². The van der Waals surface area contributed by atoms with Crippen molar-refractivity contribution in [2.45, 2.75) is 44.0 Å². The molecule has 11 heteroatoms. The van der Waals surface area contributed by atoms with Gasteiger partial charge in [0.05, 0.1) is 24.1 Å². The molecule has 2 aromatic heterocycles. The third-order valence-electron chi connectivity index (χ3n) is 5.65. The zero-order valence-electron chi connectivity index (χ0n) is 18.9. The Labute approximate surface area is 199 Å². The summed E-state index contributed by atoms with van der Waals surface area (Å²) in [5, 5.41) is 5.27. The number of halogens is 3. The fraction of sp³-hybridized carbons (Fsp3) is 0.333. The minimum absolute atomic E-state index is 0.0532. The van der Waals surface area contributed by atoms with Gasteiger partial charge in [-0.1, -0.05) is 0 Å². The second-order valence-corrected chi connectivity index (χ2v) is 8.07. The van der Waals surface area contributed by atoms with E-state index in [9.17, 15) is 18.0 Å². The van der Waals surface area contributed by atoms with E-state index in [1.165, 1.54) is 13.2 Å². The number of nitrogens with one attached hydrogen (secondary N) is 2. The van der Waals surface area contributed by atoms with Gasteiger partial charge in [-0.2, -0.15) is 18.2 Å². The molecule has 35 heavy (non-hydrogen) atoms. The Balaban J connectivity index is 1.30. The third-order valence-corrected chi connectivity index (χ3v) is 5.65. The number of carbonyl (C=O) groups is 1. The fourth-order valence-electron chi connectivity index (χ4n) is 3.87. The van der Waals surface area contributed by atoms with E-state index in [-0.39, 0.29) is 29.6 Å². The molecule has 0 bridgehead atoms. The normalized spacial score (nSPS) is 17.9. The van der Waals surface area contributed by atoms with E-state index in [0.717, 1.165) is 17.7 Å². The molecule has 4 rings (SSSR count). The standard InChI is InChI=1S/C24H24F3N5O3/c1-34-21-9-4-16(24(25,26)27)13-20(21)31-22(33)30-17-5-7-18(8-6-17)35-23-29-12-10-19(32-23)15-3-2-11-28-14-15/h2-4,9-14,17-18H,5-8H2,1H3,(H2,30,31,33)/t17-,18-. The molecule has 2 heterocycles. The number of ether oxygens (including phenoxy) is 2. The second-order valence-electron chi connectivity index (χ2n) is 8.07. The molecule has 8 nitrogen and oxygen atoms in total. The first-order valence-electron chi connectivity index (χ1n) is 11.0. The van der Waals surface area contributed by atoms with Crippen LogP contribution in [0.4, 0.5) is 23.7 Å². The number of aromatic nitrogens is 3. The molecule has 2 N–H and O–H groups in total. The first-order valence-corrected chi connectivity index (χ1v) is 11.0. The van der Waals surface area contributed by atoms with Gasteiger partial charge in [-0.3, -0.25) is 4.98 Å². The van der Waals surface area contributed by atoms with Crippen LogP contribution in [0.1, 0.15) is 31.2 Å². The van der Waals surface area contributed by atoms with Crippen LogP contribution in [0, 0.1) is 0 Å². The molecule has 0 atom stereocenters. The summed E-state index contributed by atoms with van der Waals surface area (Å²) in [5.74, 6) is 0.138. The largest absolute Gasteiger partial charge is 0.495 e. The van der Waals surface area contributed by atoms with Crippen LogP contribution in [0.25, 0.3) is 11.3 Å². The van der Waals surface area contributed by atoms with Crippen molar-refractivity contribution in [1.29, 1.82) is 0 Å². The summed E-state index contributed by atoms with van der Waals surface area (Å²) in [5.41, 5.74) is 0.639. The monoisotopic (exact) mass is 487 g/mol. The van der Waals surface area contributed by atoms with Crippen molar-refractivity contribution < 1.29 is 27.4 Å². The van der Waals surface area contributed by atoms with Crippen LogP contribution in [0.3, 0.4) is 0 Å². The zero-order chi connectivity index (χ0) is 24.8. The average Bonchev–Trinajstić information content (AvgIpc) is 2.85. The minimum atomic E-state index is -4.53.